The van der Waals surface area contributed by atoms with Crippen LogP contribution in [-0.2, 0) is 16.8 Å². The predicted molar refractivity (Wildman–Crippen MR) is 149 cm³/mol. The minimum atomic E-state index is -0.160. The average molecular weight is 529 g/mol. The maximum Gasteiger partial charge on any atom is 0.241 e. The first kappa shape index (κ1) is 26.0. The van der Waals surface area contributed by atoms with Gasteiger partial charge in [0.15, 0.2) is 5.78 Å². The zero-order chi connectivity index (χ0) is 26.7. The van der Waals surface area contributed by atoms with Gasteiger partial charge in [-0.25, -0.2) is 0 Å². The number of carbonyl (C=O) groups is 2. The van der Waals surface area contributed by atoms with Crippen LogP contribution in [0.4, 0.5) is 5.69 Å². The van der Waals surface area contributed by atoms with E-state index in [1.54, 1.807) is 29.5 Å². The predicted octanol–water partition coefficient (Wildman–Crippen LogP) is 6.18. The van der Waals surface area contributed by atoms with Gasteiger partial charge in [0.25, 0.3) is 0 Å². The Morgan fingerprint density at radius 1 is 1.08 bits per heavy atom. The van der Waals surface area contributed by atoms with Gasteiger partial charge in [-0.05, 0) is 53.9 Å². The van der Waals surface area contributed by atoms with E-state index in [-0.39, 0.29) is 23.0 Å². The van der Waals surface area contributed by atoms with Gasteiger partial charge in [-0.15, -0.1) is 11.3 Å². The number of nitrogens with one attached hydrogen (secondary N) is 1. The van der Waals surface area contributed by atoms with Crippen molar-refractivity contribution in [1.29, 1.82) is 0 Å². The number of benzene rings is 2. The number of likely N-dealkylation sites (tertiary alicyclic amines) is 1. The quantitative estimate of drug-likeness (QED) is 0.288. The zero-order valence-corrected chi connectivity index (χ0v) is 22.8. The van der Waals surface area contributed by atoms with Gasteiger partial charge in [0.1, 0.15) is 0 Å². The van der Waals surface area contributed by atoms with Crippen LogP contribution in [0.1, 0.15) is 61.0 Å². The monoisotopic (exact) mass is 528 g/mol. The minimum Gasteiger partial charge on any atom is -0.338 e. The number of rotatable bonds is 7. The van der Waals surface area contributed by atoms with Crippen molar-refractivity contribution < 1.29 is 14.1 Å². The molecule has 38 heavy (non-hydrogen) atoms. The maximum absolute atomic E-state index is 13.1. The highest BCUT2D eigenvalue weighted by Crippen LogP contribution is 2.25. The summed E-state index contributed by atoms with van der Waals surface area (Å²) in [6, 6.07) is 18.8. The van der Waals surface area contributed by atoms with E-state index in [0.29, 0.717) is 41.6 Å². The fourth-order valence-electron chi connectivity index (χ4n) is 4.70. The second-order valence-electron chi connectivity index (χ2n) is 10.8. The Kier molecular flexibility index (Phi) is 7.53. The maximum atomic E-state index is 13.1. The van der Waals surface area contributed by atoms with Crippen molar-refractivity contribution in [3.05, 3.63) is 88.6 Å². The summed E-state index contributed by atoms with van der Waals surface area (Å²) in [5.41, 5.74) is 3.02. The molecule has 3 heterocycles. The van der Waals surface area contributed by atoms with E-state index in [4.69, 9.17) is 4.52 Å². The Balaban J connectivity index is 1.20. The summed E-state index contributed by atoms with van der Waals surface area (Å²) in [6.07, 6.45) is 1.72. The Labute approximate surface area is 226 Å². The molecule has 0 saturated carbocycles. The van der Waals surface area contributed by atoms with Gasteiger partial charge in [-0.3, -0.25) is 14.5 Å². The molecule has 1 aliphatic heterocycles. The highest BCUT2D eigenvalue weighted by molar-refractivity contribution is 7.13. The van der Waals surface area contributed by atoms with Crippen LogP contribution in [0.5, 0.6) is 0 Å². The molecule has 1 unspecified atom stereocenters. The lowest BCUT2D eigenvalue weighted by atomic mass is 9.86. The van der Waals surface area contributed by atoms with Gasteiger partial charge < -0.3 is 9.84 Å². The molecular formula is C30H32N4O3S. The fraction of sp³-hybridized carbons (Fsp3) is 0.333. The highest BCUT2D eigenvalue weighted by Gasteiger charge is 2.27. The summed E-state index contributed by atoms with van der Waals surface area (Å²) in [5, 5.41) is 9.09. The van der Waals surface area contributed by atoms with E-state index < -0.39 is 0 Å². The summed E-state index contributed by atoms with van der Waals surface area (Å²) in [4.78, 5) is 33.9. The number of aromatic nitrogens is 2. The van der Waals surface area contributed by atoms with E-state index in [2.05, 4.69) is 41.1 Å². The number of anilines is 1. The van der Waals surface area contributed by atoms with Crippen molar-refractivity contribution in [1.82, 2.24) is 15.0 Å². The molecule has 0 radical (unpaired) electrons. The van der Waals surface area contributed by atoms with Gasteiger partial charge in [0, 0.05) is 23.4 Å². The normalized spacial score (nSPS) is 16.3. The van der Waals surface area contributed by atoms with Crippen LogP contribution in [0.15, 0.2) is 70.6 Å². The fourth-order valence-corrected chi connectivity index (χ4v) is 5.35. The Morgan fingerprint density at radius 2 is 1.89 bits per heavy atom. The Hall–Kier alpha value is -3.62. The van der Waals surface area contributed by atoms with Crippen LogP contribution in [-0.4, -0.2) is 39.8 Å². The zero-order valence-electron chi connectivity index (χ0n) is 21.9. The number of nitrogens with zero attached hydrogens (tertiary/aromatic N) is 3. The molecule has 2 aromatic heterocycles. The number of carbonyl (C=O) groups excluding carboxylic acids is 2. The molecule has 1 amide bonds. The Morgan fingerprint density at radius 3 is 2.63 bits per heavy atom. The molecule has 2 aromatic carbocycles. The summed E-state index contributed by atoms with van der Waals surface area (Å²) >= 11 is 1.57. The third-order valence-electron chi connectivity index (χ3n) is 6.85. The van der Waals surface area contributed by atoms with Crippen LogP contribution in [0, 0.1) is 5.92 Å². The minimum absolute atomic E-state index is 0.0267. The van der Waals surface area contributed by atoms with E-state index in [1.165, 1.54) is 5.56 Å². The van der Waals surface area contributed by atoms with Crippen LogP contribution >= 0.6 is 11.3 Å². The lowest BCUT2D eigenvalue weighted by molar-refractivity contribution is -0.121. The molecule has 1 fully saturated rings. The van der Waals surface area contributed by atoms with Crippen molar-refractivity contribution in [2.24, 2.45) is 5.92 Å². The largest absolute Gasteiger partial charge is 0.338 e. The SMILES string of the molecule is CC(C)(C)c1ccc(C(=O)c2cccc(NC(=O)C3CCCN(Cc4nc(-c5cccs5)no4)C3)c2)cc1. The second-order valence-corrected chi connectivity index (χ2v) is 11.7. The first-order chi connectivity index (χ1) is 18.3. The lowest BCUT2D eigenvalue weighted by Gasteiger charge is -2.30. The van der Waals surface area contributed by atoms with E-state index in [9.17, 15) is 9.59 Å². The number of thiophene rings is 1. The summed E-state index contributed by atoms with van der Waals surface area (Å²) in [7, 11) is 0. The number of piperidine rings is 1. The molecule has 0 spiro atoms. The van der Waals surface area contributed by atoms with Gasteiger partial charge in [-0.2, -0.15) is 4.98 Å². The molecular weight excluding hydrogens is 496 g/mol. The van der Waals surface area contributed by atoms with E-state index in [0.717, 1.165) is 24.3 Å². The molecule has 4 aromatic rings. The van der Waals surface area contributed by atoms with Crippen molar-refractivity contribution in [2.75, 3.05) is 18.4 Å². The molecule has 1 N–H and O–H groups in total. The van der Waals surface area contributed by atoms with Crippen LogP contribution in [0.25, 0.3) is 10.7 Å². The molecule has 1 atom stereocenters. The average Bonchev–Trinajstić information content (AvgIpc) is 3.61. The molecule has 0 aliphatic carbocycles. The van der Waals surface area contributed by atoms with Gasteiger partial charge in [-0.1, -0.05) is 68.4 Å². The standard InChI is InChI=1S/C30H32N4O3S/c1-30(2,3)23-13-11-20(12-14-23)27(35)21-7-4-9-24(17-21)31-29(36)22-8-5-15-34(18-22)19-26-32-28(33-37-26)25-10-6-16-38-25/h4,6-7,9-14,16-17,22H,5,8,15,18-19H2,1-3H3,(H,31,36). The van der Waals surface area contributed by atoms with Gasteiger partial charge in [0.05, 0.1) is 17.3 Å². The third-order valence-corrected chi connectivity index (χ3v) is 7.72. The number of ketones is 1. The molecule has 8 heteroatoms. The number of amides is 1. The second kappa shape index (κ2) is 11.0. The van der Waals surface area contributed by atoms with Gasteiger partial charge >= 0.3 is 0 Å². The summed E-state index contributed by atoms with van der Waals surface area (Å²) < 4.78 is 5.45. The van der Waals surface area contributed by atoms with Crippen molar-refractivity contribution >= 4 is 28.7 Å². The molecule has 0 bridgehead atoms. The van der Waals surface area contributed by atoms with Crippen molar-refractivity contribution in [3.63, 3.8) is 0 Å². The van der Waals surface area contributed by atoms with Crippen molar-refractivity contribution in [3.8, 4) is 10.7 Å². The smallest absolute Gasteiger partial charge is 0.241 e. The van der Waals surface area contributed by atoms with Gasteiger partial charge in [0.2, 0.25) is 17.6 Å². The molecule has 5 rings (SSSR count). The van der Waals surface area contributed by atoms with Crippen LogP contribution < -0.4 is 5.32 Å². The lowest BCUT2D eigenvalue weighted by Crippen LogP contribution is -2.40. The molecule has 196 valence electrons. The molecule has 1 saturated heterocycles. The summed E-state index contributed by atoms with van der Waals surface area (Å²) in [5.74, 6) is 0.885. The van der Waals surface area contributed by atoms with Crippen LogP contribution in [0.2, 0.25) is 0 Å². The first-order valence-electron chi connectivity index (χ1n) is 12.9. The van der Waals surface area contributed by atoms with Crippen LogP contribution in [0.3, 0.4) is 0 Å². The van der Waals surface area contributed by atoms with Crippen molar-refractivity contribution in [2.45, 2.75) is 45.6 Å². The first-order valence-corrected chi connectivity index (χ1v) is 13.8. The topological polar surface area (TPSA) is 88.3 Å². The highest BCUT2D eigenvalue weighted by atomic mass is 32.1. The number of hydrogen-bond acceptors (Lipinski definition) is 7. The third kappa shape index (κ3) is 6.09. The Bertz CT molecular complexity index is 1400. The number of hydrogen-bond donors (Lipinski definition) is 1. The van der Waals surface area contributed by atoms with E-state index in [1.807, 2.05) is 47.8 Å². The molecule has 1 aliphatic rings. The molecule has 7 nitrogen and oxygen atoms in total. The summed E-state index contributed by atoms with van der Waals surface area (Å²) in [6.45, 7) is 8.44. The van der Waals surface area contributed by atoms with E-state index >= 15 is 0 Å².